The van der Waals surface area contributed by atoms with E-state index >= 15 is 0 Å². The van der Waals surface area contributed by atoms with Crippen molar-refractivity contribution in [2.75, 3.05) is 7.11 Å². The molecule has 2 N–H and O–H groups in total. The molecule has 4 rings (SSSR count). The summed E-state index contributed by atoms with van der Waals surface area (Å²) in [6.45, 7) is 0. The van der Waals surface area contributed by atoms with Gasteiger partial charge in [-0.05, 0) is 25.0 Å². The van der Waals surface area contributed by atoms with Crippen molar-refractivity contribution in [3.05, 3.63) is 45.7 Å². The zero-order chi connectivity index (χ0) is 18.3. The van der Waals surface area contributed by atoms with E-state index in [-0.39, 0.29) is 6.42 Å². The lowest BCUT2D eigenvalue weighted by molar-refractivity contribution is -0.377. The van der Waals surface area contributed by atoms with E-state index in [0.29, 0.717) is 38.4 Å². The maximum absolute atomic E-state index is 10.9. The van der Waals surface area contributed by atoms with Gasteiger partial charge in [-0.1, -0.05) is 23.2 Å². The van der Waals surface area contributed by atoms with Crippen LogP contribution in [0.1, 0.15) is 42.9 Å². The molecule has 0 amide bonds. The molecule has 1 saturated carbocycles. The number of fused-ring (bicyclic) bond motifs is 1. The molecule has 2 heterocycles. The molecule has 0 bridgehead atoms. The highest BCUT2D eigenvalue weighted by Gasteiger charge is 2.46. The van der Waals surface area contributed by atoms with Crippen LogP contribution in [-0.2, 0) is 6.42 Å². The Labute approximate surface area is 161 Å². The molecule has 1 aromatic carbocycles. The summed E-state index contributed by atoms with van der Waals surface area (Å²) in [5.74, 6) is 1.07. The quantitative estimate of drug-likeness (QED) is 0.843. The molecule has 26 heavy (non-hydrogen) atoms. The largest absolute Gasteiger partial charge is 0.493 e. The van der Waals surface area contributed by atoms with Gasteiger partial charge in [-0.15, -0.1) is 0 Å². The van der Waals surface area contributed by atoms with Crippen LogP contribution in [0.2, 0.25) is 10.0 Å². The van der Waals surface area contributed by atoms with Gasteiger partial charge in [-0.2, -0.15) is 0 Å². The van der Waals surface area contributed by atoms with Crippen LogP contribution in [-0.4, -0.2) is 18.0 Å². The van der Waals surface area contributed by atoms with Crippen molar-refractivity contribution in [1.82, 2.24) is 0 Å². The van der Waals surface area contributed by atoms with Gasteiger partial charge in [0.25, 0.3) is 5.79 Å². The van der Waals surface area contributed by atoms with Crippen LogP contribution in [0.15, 0.2) is 24.5 Å². The van der Waals surface area contributed by atoms with Crippen LogP contribution < -0.4 is 19.2 Å². The van der Waals surface area contributed by atoms with Gasteiger partial charge >= 0.3 is 0 Å². The average molecular weight is 397 g/mol. The number of aromatic nitrogens is 1. The summed E-state index contributed by atoms with van der Waals surface area (Å²) in [7, 11) is 1.59. The van der Waals surface area contributed by atoms with Crippen LogP contribution in [0, 0.1) is 0 Å². The summed E-state index contributed by atoms with van der Waals surface area (Å²) >= 11 is 12.4. The maximum Gasteiger partial charge on any atom is 0.251 e. The Morgan fingerprint density at radius 3 is 2.46 bits per heavy atom. The van der Waals surface area contributed by atoms with Crippen LogP contribution in [0.3, 0.4) is 0 Å². The van der Waals surface area contributed by atoms with E-state index in [1.165, 1.54) is 0 Å². The molecule has 7 heteroatoms. The Bertz CT molecular complexity index is 816. The second kappa shape index (κ2) is 6.80. The molecule has 1 unspecified atom stereocenters. The van der Waals surface area contributed by atoms with Crippen molar-refractivity contribution < 1.29 is 24.3 Å². The Morgan fingerprint density at radius 2 is 1.81 bits per heavy atom. The number of H-pyrrole nitrogens is 1. The summed E-state index contributed by atoms with van der Waals surface area (Å²) in [5, 5.41) is 11.8. The molecule has 1 atom stereocenters. The van der Waals surface area contributed by atoms with E-state index < -0.39 is 11.9 Å². The summed E-state index contributed by atoms with van der Waals surface area (Å²) in [6, 6.07) is 3.59. The molecule has 2 aromatic rings. The molecule has 1 aromatic heterocycles. The van der Waals surface area contributed by atoms with Crippen molar-refractivity contribution in [2.24, 2.45) is 0 Å². The number of aliphatic hydroxyl groups is 1. The van der Waals surface area contributed by atoms with Gasteiger partial charge in [0.2, 0.25) is 5.75 Å². The fourth-order valence-corrected chi connectivity index (χ4v) is 4.20. The summed E-state index contributed by atoms with van der Waals surface area (Å²) in [5.41, 5.74) is 1.32. The first-order valence-electron chi connectivity index (χ1n) is 8.64. The minimum absolute atomic E-state index is 0.265. The fraction of sp³-hybridized carbons (Fsp3) is 0.421. The van der Waals surface area contributed by atoms with Gasteiger partial charge in [0.15, 0.2) is 23.9 Å². The van der Waals surface area contributed by atoms with Gasteiger partial charge in [-0.3, -0.25) is 0 Å². The van der Waals surface area contributed by atoms with Gasteiger partial charge in [-0.25, -0.2) is 4.98 Å². The van der Waals surface area contributed by atoms with Gasteiger partial charge in [0, 0.05) is 30.4 Å². The molecule has 5 nitrogen and oxygen atoms in total. The third kappa shape index (κ3) is 2.98. The number of aromatic amines is 1. The van der Waals surface area contributed by atoms with Crippen LogP contribution in [0.25, 0.3) is 0 Å². The Kier molecular flexibility index (Phi) is 4.63. The molecule has 1 fully saturated rings. The molecule has 1 aliphatic carbocycles. The van der Waals surface area contributed by atoms with E-state index in [0.717, 1.165) is 25.7 Å². The van der Waals surface area contributed by atoms with Crippen LogP contribution >= 0.6 is 23.2 Å². The van der Waals surface area contributed by atoms with Gasteiger partial charge in [0.1, 0.15) is 10.0 Å². The molecule has 1 spiro atoms. The highest BCUT2D eigenvalue weighted by molar-refractivity contribution is 6.35. The average Bonchev–Trinajstić information content (AvgIpc) is 3.23. The van der Waals surface area contributed by atoms with Crippen molar-refractivity contribution >= 4 is 23.2 Å². The van der Waals surface area contributed by atoms with Crippen LogP contribution in [0.5, 0.6) is 17.2 Å². The minimum Gasteiger partial charge on any atom is -0.493 e. The summed E-state index contributed by atoms with van der Waals surface area (Å²) < 4.78 is 17.8. The molecule has 2 aliphatic rings. The first-order chi connectivity index (χ1) is 12.5. The van der Waals surface area contributed by atoms with Crippen molar-refractivity contribution in [3.63, 3.8) is 0 Å². The van der Waals surface area contributed by atoms with E-state index in [9.17, 15) is 5.11 Å². The Hall–Kier alpha value is -1.69. The maximum atomic E-state index is 10.9. The zero-order valence-corrected chi connectivity index (χ0v) is 15.9. The van der Waals surface area contributed by atoms with Gasteiger partial charge in [0.05, 0.1) is 13.2 Å². The van der Waals surface area contributed by atoms with E-state index in [1.807, 2.05) is 0 Å². The Balaban J connectivity index is 1.69. The number of hydrogen-bond donors (Lipinski definition) is 1. The number of nitrogens with one attached hydrogen (secondary N) is 1. The SMILES string of the molecule is COc1ccc(C(O)Cc2c(Cl)c[nH+]cc2Cl)c2c1OC1(CCCC1)O2. The summed E-state index contributed by atoms with van der Waals surface area (Å²) in [4.78, 5) is 2.87. The Morgan fingerprint density at radius 1 is 1.15 bits per heavy atom. The number of hydrogen-bond acceptors (Lipinski definition) is 4. The number of rotatable bonds is 4. The lowest BCUT2D eigenvalue weighted by Crippen LogP contribution is -2.34. The lowest BCUT2D eigenvalue weighted by atomic mass is 10.0. The van der Waals surface area contributed by atoms with E-state index in [2.05, 4.69) is 4.98 Å². The van der Waals surface area contributed by atoms with Crippen molar-refractivity contribution in [2.45, 2.75) is 44.0 Å². The second-order valence-electron chi connectivity index (χ2n) is 6.69. The number of halogens is 2. The lowest BCUT2D eigenvalue weighted by Gasteiger charge is -2.22. The monoisotopic (exact) mass is 396 g/mol. The molecule has 0 radical (unpaired) electrons. The van der Waals surface area contributed by atoms with E-state index in [1.54, 1.807) is 31.6 Å². The predicted octanol–water partition coefficient (Wildman–Crippen LogP) is 4.13. The number of pyridine rings is 1. The van der Waals surface area contributed by atoms with Gasteiger partial charge < -0.3 is 19.3 Å². The van der Waals surface area contributed by atoms with E-state index in [4.69, 9.17) is 37.4 Å². The molecule has 138 valence electrons. The van der Waals surface area contributed by atoms with Crippen molar-refractivity contribution in [1.29, 1.82) is 0 Å². The third-order valence-electron chi connectivity index (χ3n) is 5.02. The number of aliphatic hydroxyl groups excluding tert-OH is 1. The molecule has 0 saturated heterocycles. The van der Waals surface area contributed by atoms with Crippen molar-refractivity contribution in [3.8, 4) is 17.2 Å². The number of ether oxygens (including phenoxy) is 3. The normalized spacial score (nSPS) is 18.3. The minimum atomic E-state index is -0.841. The first kappa shape index (κ1) is 17.7. The fourth-order valence-electron chi connectivity index (χ4n) is 3.67. The first-order valence-corrected chi connectivity index (χ1v) is 9.39. The second-order valence-corrected chi connectivity index (χ2v) is 7.50. The number of benzene rings is 1. The summed E-state index contributed by atoms with van der Waals surface area (Å²) in [6.07, 6.45) is 6.47. The molecule has 1 aliphatic heterocycles. The predicted molar refractivity (Wildman–Crippen MR) is 97.1 cm³/mol. The standard InChI is InChI=1S/C19H19Cl2NO4/c1-24-16-5-4-11(15(23)8-12-13(20)9-22-10-14(12)21)17-18(16)26-19(25-17)6-2-3-7-19/h4-5,9-10,15,23H,2-3,6-8H2,1H3/p+1. The topological polar surface area (TPSA) is 62.1 Å². The molecular weight excluding hydrogens is 377 g/mol. The van der Waals surface area contributed by atoms with Crippen LogP contribution in [0.4, 0.5) is 0 Å². The molecular formula is C19H20Cl2NO4+. The highest BCUT2D eigenvalue weighted by atomic mass is 35.5. The highest BCUT2D eigenvalue weighted by Crippen LogP contribution is 2.53. The smallest absolute Gasteiger partial charge is 0.251 e. The third-order valence-corrected chi connectivity index (χ3v) is 5.70. The zero-order valence-electron chi connectivity index (χ0n) is 14.4. The number of methoxy groups -OCH3 is 1.